The third-order valence-electron chi connectivity index (χ3n) is 9.71. The molecule has 0 amide bonds. The Labute approximate surface area is 210 Å². The summed E-state index contributed by atoms with van der Waals surface area (Å²) in [6, 6.07) is 8.62. The van der Waals surface area contributed by atoms with Gasteiger partial charge < -0.3 is 14.2 Å². The normalized spacial score (nSPS) is 39.1. The Morgan fingerprint density at radius 1 is 0.914 bits per heavy atom. The number of ether oxygens (including phenoxy) is 3. The van der Waals surface area contributed by atoms with Crippen LogP contribution >= 0.6 is 0 Å². The number of hydrogen-bond donors (Lipinski definition) is 0. The highest BCUT2D eigenvalue weighted by Gasteiger charge is 2.60. The average molecular weight is 486 g/mol. The Morgan fingerprint density at radius 3 is 2.29 bits per heavy atom. The number of benzene rings is 1. The van der Waals surface area contributed by atoms with Gasteiger partial charge in [0.25, 0.3) is 0 Å². The van der Waals surface area contributed by atoms with Gasteiger partial charge in [0.05, 0.1) is 19.3 Å². The smallest absolute Gasteiger partial charge is 0.207 e. The summed E-state index contributed by atoms with van der Waals surface area (Å²) < 4.78 is 17.8. The van der Waals surface area contributed by atoms with E-state index in [1.807, 2.05) is 7.11 Å². The summed E-state index contributed by atoms with van der Waals surface area (Å²) in [5.41, 5.74) is 1.35. The van der Waals surface area contributed by atoms with Crippen LogP contribution < -0.4 is 4.74 Å². The van der Waals surface area contributed by atoms with Crippen molar-refractivity contribution in [3.05, 3.63) is 29.8 Å². The van der Waals surface area contributed by atoms with Crippen molar-refractivity contribution in [3.8, 4) is 5.75 Å². The van der Waals surface area contributed by atoms with Crippen molar-refractivity contribution in [1.82, 2.24) is 4.90 Å². The van der Waals surface area contributed by atoms with Crippen LogP contribution in [0.15, 0.2) is 24.3 Å². The van der Waals surface area contributed by atoms with Gasteiger partial charge in [-0.2, -0.15) is 0 Å². The van der Waals surface area contributed by atoms with E-state index < -0.39 is 5.79 Å². The van der Waals surface area contributed by atoms with Crippen LogP contribution in [-0.4, -0.2) is 63.4 Å². The monoisotopic (exact) mass is 485 g/mol. The van der Waals surface area contributed by atoms with Gasteiger partial charge in [-0.15, -0.1) is 0 Å². The van der Waals surface area contributed by atoms with Gasteiger partial charge in [0.2, 0.25) is 5.79 Å². The van der Waals surface area contributed by atoms with Gasteiger partial charge in [-0.05, 0) is 87.2 Å². The molecule has 1 aliphatic heterocycles. The fraction of sp³-hybridized carbons (Fsp3) is 0.793. The molecule has 1 saturated heterocycles. The van der Waals surface area contributed by atoms with Crippen LogP contribution in [0.2, 0.25) is 0 Å². The largest absolute Gasteiger partial charge is 0.492 e. The molecule has 0 N–H and O–H groups in total. The standard InChI is InChI=1S/C29H43NO5/c1-31-29(24-17-21-16-22(19-24)20-25(29)18-21)35-34-26-8-6-23(7-9-26)27-4-2-3-5-28(27)33-15-12-30-10-13-32-14-11-30/h2-5,21-26H,6-20H2,1H3. The number of rotatable bonds is 9. The molecule has 0 spiro atoms. The third kappa shape index (κ3) is 5.02. The van der Waals surface area contributed by atoms with Gasteiger partial charge >= 0.3 is 0 Å². The molecule has 6 aliphatic rings. The maximum absolute atomic E-state index is 6.31. The minimum Gasteiger partial charge on any atom is -0.492 e. The molecule has 1 heterocycles. The minimum atomic E-state index is -0.509. The van der Waals surface area contributed by atoms with Gasteiger partial charge in [0, 0.05) is 38.6 Å². The summed E-state index contributed by atoms with van der Waals surface area (Å²) >= 11 is 0. The van der Waals surface area contributed by atoms with Crippen LogP contribution in [-0.2, 0) is 19.2 Å². The predicted octanol–water partition coefficient (Wildman–Crippen LogP) is 5.17. The van der Waals surface area contributed by atoms with Crippen molar-refractivity contribution >= 4 is 0 Å². The molecular formula is C29H43NO5. The fourth-order valence-corrected chi connectivity index (χ4v) is 8.02. The molecule has 6 heteroatoms. The molecule has 0 atom stereocenters. The van der Waals surface area contributed by atoms with Crippen molar-refractivity contribution in [2.24, 2.45) is 23.7 Å². The highest BCUT2D eigenvalue weighted by molar-refractivity contribution is 5.36. The second kappa shape index (κ2) is 10.7. The second-order valence-electron chi connectivity index (χ2n) is 11.7. The lowest BCUT2D eigenvalue weighted by Gasteiger charge is -2.58. The first kappa shape index (κ1) is 24.2. The van der Waals surface area contributed by atoms with Crippen molar-refractivity contribution < 1.29 is 24.0 Å². The Morgan fingerprint density at radius 2 is 1.60 bits per heavy atom. The van der Waals surface area contributed by atoms with Crippen LogP contribution in [0.1, 0.15) is 69.3 Å². The Hall–Kier alpha value is -1.18. The number of hydrogen-bond acceptors (Lipinski definition) is 6. The Balaban J connectivity index is 1.00. The van der Waals surface area contributed by atoms with Gasteiger partial charge in [0.1, 0.15) is 12.4 Å². The van der Waals surface area contributed by atoms with Crippen LogP contribution in [0.3, 0.4) is 0 Å². The van der Waals surface area contributed by atoms with Crippen molar-refractivity contribution in [2.45, 2.75) is 75.6 Å². The zero-order chi connectivity index (χ0) is 23.7. The van der Waals surface area contributed by atoms with E-state index in [0.29, 0.717) is 17.8 Å². The molecule has 1 aromatic carbocycles. The zero-order valence-electron chi connectivity index (χ0n) is 21.4. The Bertz CT molecular complexity index is 804. The molecule has 7 rings (SSSR count). The van der Waals surface area contributed by atoms with Crippen LogP contribution in [0.25, 0.3) is 0 Å². The molecular weight excluding hydrogens is 442 g/mol. The predicted molar refractivity (Wildman–Crippen MR) is 133 cm³/mol. The van der Waals surface area contributed by atoms with E-state index in [4.69, 9.17) is 24.0 Å². The lowest BCUT2D eigenvalue weighted by Crippen LogP contribution is -2.60. The van der Waals surface area contributed by atoms with Crippen LogP contribution in [0.5, 0.6) is 5.75 Å². The molecule has 5 saturated carbocycles. The van der Waals surface area contributed by atoms with Crippen molar-refractivity contribution in [1.29, 1.82) is 0 Å². The highest BCUT2D eigenvalue weighted by Crippen LogP contribution is 2.60. The Kier molecular flexibility index (Phi) is 7.37. The average Bonchev–Trinajstić information content (AvgIpc) is 2.90. The summed E-state index contributed by atoms with van der Waals surface area (Å²) in [5.74, 6) is 3.83. The topological polar surface area (TPSA) is 49.4 Å². The molecule has 194 valence electrons. The van der Waals surface area contributed by atoms with E-state index in [1.54, 1.807) is 0 Å². The van der Waals surface area contributed by atoms with Crippen molar-refractivity contribution in [2.75, 3.05) is 46.6 Å². The van der Waals surface area contributed by atoms with Crippen LogP contribution in [0.4, 0.5) is 0 Å². The summed E-state index contributed by atoms with van der Waals surface area (Å²) in [5, 5.41) is 0. The molecule has 0 aromatic heterocycles. The molecule has 0 radical (unpaired) electrons. The molecule has 4 bridgehead atoms. The van der Waals surface area contributed by atoms with Crippen LogP contribution in [0, 0.1) is 23.7 Å². The lowest BCUT2D eigenvalue weighted by atomic mass is 9.53. The summed E-state index contributed by atoms with van der Waals surface area (Å²) in [6.45, 7) is 5.36. The quantitative estimate of drug-likeness (QED) is 0.273. The van der Waals surface area contributed by atoms with E-state index in [0.717, 1.165) is 82.7 Å². The van der Waals surface area contributed by atoms with Gasteiger partial charge in [-0.25, -0.2) is 9.78 Å². The first-order chi connectivity index (χ1) is 17.2. The lowest BCUT2D eigenvalue weighted by molar-refractivity contribution is -0.485. The number of morpholine rings is 1. The first-order valence-electron chi connectivity index (χ1n) is 14.1. The molecule has 6 nitrogen and oxygen atoms in total. The maximum Gasteiger partial charge on any atom is 0.207 e. The maximum atomic E-state index is 6.31. The number of nitrogens with zero attached hydrogens (tertiary/aromatic N) is 1. The summed E-state index contributed by atoms with van der Waals surface area (Å²) in [6.07, 6.45) is 10.8. The molecule has 0 unspecified atom stereocenters. The molecule has 35 heavy (non-hydrogen) atoms. The van der Waals surface area contributed by atoms with E-state index >= 15 is 0 Å². The zero-order valence-corrected chi connectivity index (χ0v) is 21.4. The third-order valence-corrected chi connectivity index (χ3v) is 9.71. The van der Waals surface area contributed by atoms with E-state index in [9.17, 15) is 0 Å². The van der Waals surface area contributed by atoms with E-state index in [-0.39, 0.29) is 6.10 Å². The number of methoxy groups -OCH3 is 1. The molecule has 1 aromatic rings. The highest BCUT2D eigenvalue weighted by atomic mass is 17.2. The van der Waals surface area contributed by atoms with E-state index in [2.05, 4.69) is 29.2 Å². The van der Waals surface area contributed by atoms with Gasteiger partial charge in [-0.1, -0.05) is 18.2 Å². The summed E-state index contributed by atoms with van der Waals surface area (Å²) in [4.78, 5) is 14.9. The second-order valence-corrected chi connectivity index (χ2v) is 11.7. The first-order valence-corrected chi connectivity index (χ1v) is 14.1. The minimum absolute atomic E-state index is 0.157. The molecule has 5 aliphatic carbocycles. The SMILES string of the molecule is COC1(OOC2CCC(c3ccccc3OCCN3CCOCC3)CC2)C2CC3CC(C2)CC1C3. The van der Waals surface area contributed by atoms with Gasteiger partial charge in [0.15, 0.2) is 0 Å². The summed E-state index contributed by atoms with van der Waals surface area (Å²) in [7, 11) is 1.83. The van der Waals surface area contributed by atoms with Crippen molar-refractivity contribution in [3.63, 3.8) is 0 Å². The fourth-order valence-electron chi connectivity index (χ4n) is 8.02. The molecule has 6 fully saturated rings. The van der Waals surface area contributed by atoms with E-state index in [1.165, 1.54) is 37.7 Å². The van der Waals surface area contributed by atoms with Gasteiger partial charge in [-0.3, -0.25) is 4.90 Å². The number of para-hydroxylation sites is 1.